The molecule has 2 aliphatic heterocycles. The van der Waals surface area contributed by atoms with Crippen LogP contribution in [0.4, 0.5) is 0 Å². The molecule has 16 heavy (non-hydrogen) atoms. The summed E-state index contributed by atoms with van der Waals surface area (Å²) in [6.45, 7) is 4.16. The smallest absolute Gasteiger partial charge is 0.414 e. The molecular formula is C9H16N2O5. The van der Waals surface area contributed by atoms with Gasteiger partial charge in [0.1, 0.15) is 0 Å². The molecule has 2 aliphatic rings. The van der Waals surface area contributed by atoms with E-state index < -0.39 is 11.9 Å². The molecule has 7 nitrogen and oxygen atoms in total. The number of nitrogens with one attached hydrogen (secondary N) is 1. The molecule has 4 N–H and O–H groups in total. The minimum atomic E-state index is -1.82. The topological polar surface area (TPSA) is 110 Å². The minimum Gasteiger partial charge on any atom is -0.473 e. The third kappa shape index (κ3) is 3.76. The van der Waals surface area contributed by atoms with E-state index in [0.717, 1.165) is 32.6 Å². The van der Waals surface area contributed by atoms with Gasteiger partial charge in [-0.3, -0.25) is 4.90 Å². The number of hydrogen-bond acceptors (Lipinski definition) is 5. The first-order valence-corrected chi connectivity index (χ1v) is 5.09. The van der Waals surface area contributed by atoms with Crippen molar-refractivity contribution in [2.45, 2.75) is 18.6 Å². The molecule has 0 saturated carbocycles. The highest BCUT2D eigenvalue weighted by Crippen LogP contribution is 2.18. The van der Waals surface area contributed by atoms with Gasteiger partial charge in [-0.15, -0.1) is 0 Å². The Hall–Kier alpha value is -1.18. The van der Waals surface area contributed by atoms with Crippen LogP contribution in [0.15, 0.2) is 0 Å². The largest absolute Gasteiger partial charge is 0.473 e. The van der Waals surface area contributed by atoms with Gasteiger partial charge in [0.05, 0.1) is 6.10 Å². The van der Waals surface area contributed by atoms with Crippen molar-refractivity contribution in [1.82, 2.24) is 10.2 Å². The van der Waals surface area contributed by atoms with E-state index in [1.165, 1.54) is 0 Å². The molecule has 7 heteroatoms. The van der Waals surface area contributed by atoms with Crippen molar-refractivity contribution < 1.29 is 24.9 Å². The van der Waals surface area contributed by atoms with Crippen molar-refractivity contribution >= 4 is 11.9 Å². The number of carbonyl (C=O) groups is 2. The summed E-state index contributed by atoms with van der Waals surface area (Å²) in [7, 11) is 0. The first-order valence-electron chi connectivity index (χ1n) is 5.09. The number of piperazine rings is 1. The second-order valence-corrected chi connectivity index (χ2v) is 3.85. The maximum atomic E-state index is 9.29. The molecule has 2 unspecified atom stereocenters. The quantitative estimate of drug-likeness (QED) is 0.364. The number of nitrogens with zero attached hydrogens (tertiary/aromatic N) is 1. The average molecular weight is 232 g/mol. The van der Waals surface area contributed by atoms with Crippen LogP contribution in [-0.4, -0.2) is 70.5 Å². The molecule has 0 aliphatic carbocycles. The maximum absolute atomic E-state index is 9.29. The summed E-state index contributed by atoms with van der Waals surface area (Å²) in [4.78, 5) is 20.6. The molecule has 2 rings (SSSR count). The zero-order chi connectivity index (χ0) is 12.1. The second-order valence-electron chi connectivity index (χ2n) is 3.85. The van der Waals surface area contributed by atoms with Crippen molar-refractivity contribution in [3.63, 3.8) is 0 Å². The van der Waals surface area contributed by atoms with E-state index in [1.807, 2.05) is 0 Å². The predicted molar refractivity (Wildman–Crippen MR) is 54.1 cm³/mol. The first kappa shape index (κ1) is 12.9. The Bertz CT molecular complexity index is 245. The Morgan fingerprint density at radius 1 is 1.25 bits per heavy atom. The van der Waals surface area contributed by atoms with Gasteiger partial charge in [-0.05, 0) is 6.42 Å². The molecule has 2 atom stereocenters. The Morgan fingerprint density at radius 2 is 1.88 bits per heavy atom. The lowest BCUT2D eigenvalue weighted by molar-refractivity contribution is -0.159. The molecule has 0 bridgehead atoms. The molecule has 0 spiro atoms. The molecule has 0 radical (unpaired) electrons. The molecule has 0 aromatic carbocycles. The lowest BCUT2D eigenvalue weighted by Crippen LogP contribution is -2.47. The van der Waals surface area contributed by atoms with Gasteiger partial charge < -0.3 is 20.6 Å². The summed E-state index contributed by atoms with van der Waals surface area (Å²) >= 11 is 0. The molecule has 2 saturated heterocycles. The zero-order valence-electron chi connectivity index (χ0n) is 8.80. The standard InChI is InChI=1S/C7H14N2O.C2H2O4/c10-7-3-6-4-8-1-2-9(6)5-7;3-1(4)2(5)6/h6-8,10H,1-5H2;(H,3,4)(H,5,6). The lowest BCUT2D eigenvalue weighted by atomic mass is 10.2. The van der Waals surface area contributed by atoms with Gasteiger partial charge in [0.15, 0.2) is 0 Å². The summed E-state index contributed by atoms with van der Waals surface area (Å²) in [6.07, 6.45) is 0.900. The molecular weight excluding hydrogens is 216 g/mol. The summed E-state index contributed by atoms with van der Waals surface area (Å²) in [6, 6.07) is 0.615. The fourth-order valence-corrected chi connectivity index (χ4v) is 1.94. The van der Waals surface area contributed by atoms with Crippen molar-refractivity contribution in [3.8, 4) is 0 Å². The van der Waals surface area contributed by atoms with Crippen LogP contribution in [0, 0.1) is 0 Å². The van der Waals surface area contributed by atoms with Gasteiger partial charge in [-0.1, -0.05) is 0 Å². The van der Waals surface area contributed by atoms with E-state index >= 15 is 0 Å². The fraction of sp³-hybridized carbons (Fsp3) is 0.778. The Labute approximate surface area is 92.7 Å². The number of aliphatic hydroxyl groups excluding tert-OH is 1. The minimum absolute atomic E-state index is 0.0649. The molecule has 2 heterocycles. The first-order chi connectivity index (χ1) is 7.50. The molecule has 0 aromatic heterocycles. The monoisotopic (exact) mass is 232 g/mol. The van der Waals surface area contributed by atoms with Crippen LogP contribution in [0.2, 0.25) is 0 Å². The highest BCUT2D eigenvalue weighted by molar-refractivity contribution is 6.27. The van der Waals surface area contributed by atoms with E-state index in [2.05, 4.69) is 10.2 Å². The predicted octanol–water partition coefficient (Wildman–Crippen LogP) is -1.82. The summed E-state index contributed by atoms with van der Waals surface area (Å²) in [5.74, 6) is -3.65. The van der Waals surface area contributed by atoms with E-state index in [-0.39, 0.29) is 6.10 Å². The van der Waals surface area contributed by atoms with E-state index in [9.17, 15) is 5.11 Å². The number of carboxylic acid groups (broad SMARTS) is 2. The van der Waals surface area contributed by atoms with Gasteiger partial charge in [0, 0.05) is 32.2 Å². The number of rotatable bonds is 0. The molecule has 0 amide bonds. The van der Waals surface area contributed by atoms with E-state index in [4.69, 9.17) is 19.8 Å². The summed E-state index contributed by atoms with van der Waals surface area (Å²) in [5.41, 5.74) is 0. The van der Waals surface area contributed by atoms with Crippen molar-refractivity contribution in [2.75, 3.05) is 26.2 Å². The third-order valence-electron chi connectivity index (χ3n) is 2.64. The highest BCUT2D eigenvalue weighted by atomic mass is 16.4. The van der Waals surface area contributed by atoms with Crippen LogP contribution >= 0.6 is 0 Å². The van der Waals surface area contributed by atoms with Crippen LogP contribution in [0.25, 0.3) is 0 Å². The van der Waals surface area contributed by atoms with Crippen LogP contribution in [0.3, 0.4) is 0 Å². The van der Waals surface area contributed by atoms with Crippen molar-refractivity contribution in [2.24, 2.45) is 0 Å². The van der Waals surface area contributed by atoms with Crippen LogP contribution < -0.4 is 5.32 Å². The Morgan fingerprint density at radius 3 is 2.38 bits per heavy atom. The van der Waals surface area contributed by atoms with Crippen molar-refractivity contribution in [1.29, 1.82) is 0 Å². The molecule has 0 aromatic rings. The average Bonchev–Trinajstić information content (AvgIpc) is 2.58. The Balaban J connectivity index is 0.000000187. The number of hydrogen-bond donors (Lipinski definition) is 4. The Kier molecular flexibility index (Phi) is 4.66. The lowest BCUT2D eigenvalue weighted by Gasteiger charge is -2.29. The SMILES string of the molecule is O=C(O)C(=O)O.OC1CC2CNCCN2C1. The maximum Gasteiger partial charge on any atom is 0.414 e. The van der Waals surface area contributed by atoms with Gasteiger partial charge in [-0.2, -0.15) is 0 Å². The number of aliphatic carboxylic acids is 2. The van der Waals surface area contributed by atoms with Crippen LogP contribution in [0.5, 0.6) is 0 Å². The second kappa shape index (κ2) is 5.78. The van der Waals surface area contributed by atoms with E-state index in [1.54, 1.807) is 0 Å². The van der Waals surface area contributed by atoms with E-state index in [0.29, 0.717) is 6.04 Å². The fourth-order valence-electron chi connectivity index (χ4n) is 1.94. The van der Waals surface area contributed by atoms with Gasteiger partial charge in [-0.25, -0.2) is 9.59 Å². The van der Waals surface area contributed by atoms with Crippen LogP contribution in [0.1, 0.15) is 6.42 Å². The highest BCUT2D eigenvalue weighted by Gasteiger charge is 2.31. The summed E-state index contributed by atoms with van der Waals surface area (Å²) < 4.78 is 0. The third-order valence-corrected chi connectivity index (χ3v) is 2.64. The normalized spacial score (nSPS) is 28.8. The van der Waals surface area contributed by atoms with Gasteiger partial charge in [0.25, 0.3) is 0 Å². The number of aliphatic hydroxyl groups is 1. The number of fused-ring (bicyclic) bond motifs is 1. The summed E-state index contributed by atoms with van der Waals surface area (Å²) in [5, 5.41) is 27.4. The van der Waals surface area contributed by atoms with Gasteiger partial charge >= 0.3 is 11.9 Å². The molecule has 92 valence electrons. The number of carboxylic acids is 2. The van der Waals surface area contributed by atoms with Crippen LogP contribution in [-0.2, 0) is 9.59 Å². The van der Waals surface area contributed by atoms with Crippen molar-refractivity contribution in [3.05, 3.63) is 0 Å². The van der Waals surface area contributed by atoms with Gasteiger partial charge in [0.2, 0.25) is 0 Å². The zero-order valence-corrected chi connectivity index (χ0v) is 8.80. The molecule has 2 fully saturated rings.